The molecule has 1 atom stereocenters. The standard InChI is InChI=1S/C21H20N6O4/c1-27(31)19-10-4-8-17(13-19)25-21(29)23-15-6-2-5-14(11-15)22-20(28)24-16-7-3-9-18(12-16)26-30/h2-13,27H,1H3,(H2,22,24,28)(H2,23,25,29). The minimum atomic E-state index is -0.523. The van der Waals surface area contributed by atoms with Crippen LogP contribution in [-0.4, -0.2) is 19.1 Å². The number of carbonyl (C=O) groups is 2. The summed E-state index contributed by atoms with van der Waals surface area (Å²) >= 11 is 0. The third-order valence-electron chi connectivity index (χ3n) is 4.11. The van der Waals surface area contributed by atoms with Crippen LogP contribution in [0, 0.1) is 10.1 Å². The molecule has 31 heavy (non-hydrogen) atoms. The van der Waals surface area contributed by atoms with Crippen LogP contribution in [0.5, 0.6) is 0 Å². The number of benzene rings is 3. The number of hydrogen-bond acceptors (Lipinski definition) is 5. The van der Waals surface area contributed by atoms with Gasteiger partial charge in [-0.2, -0.15) is 0 Å². The second-order valence-corrected chi connectivity index (χ2v) is 6.52. The first-order valence-corrected chi connectivity index (χ1v) is 9.23. The third kappa shape index (κ3) is 6.35. The van der Waals surface area contributed by atoms with Gasteiger partial charge in [-0.3, -0.25) is 0 Å². The number of rotatable bonds is 6. The van der Waals surface area contributed by atoms with Gasteiger partial charge in [0.2, 0.25) is 0 Å². The van der Waals surface area contributed by atoms with E-state index in [2.05, 4.69) is 26.4 Å². The number of quaternary nitrogens is 1. The first kappa shape index (κ1) is 21.4. The summed E-state index contributed by atoms with van der Waals surface area (Å²) < 4.78 is 0. The Labute approximate surface area is 177 Å². The predicted molar refractivity (Wildman–Crippen MR) is 120 cm³/mol. The summed E-state index contributed by atoms with van der Waals surface area (Å²) in [5, 5.41) is 24.7. The van der Waals surface area contributed by atoms with Crippen LogP contribution in [0.1, 0.15) is 0 Å². The molecule has 0 heterocycles. The van der Waals surface area contributed by atoms with Crippen molar-refractivity contribution in [2.75, 3.05) is 28.3 Å². The molecule has 158 valence electrons. The van der Waals surface area contributed by atoms with E-state index in [-0.39, 0.29) is 10.8 Å². The highest BCUT2D eigenvalue weighted by Gasteiger charge is 2.08. The lowest BCUT2D eigenvalue weighted by molar-refractivity contribution is -0.751. The van der Waals surface area contributed by atoms with Crippen molar-refractivity contribution < 1.29 is 14.7 Å². The van der Waals surface area contributed by atoms with Crippen LogP contribution >= 0.6 is 0 Å². The molecule has 3 aromatic rings. The number of nitrogens with zero attached hydrogens (tertiary/aromatic N) is 1. The minimum absolute atomic E-state index is 0.102. The van der Waals surface area contributed by atoms with Crippen molar-refractivity contribution in [3.05, 3.63) is 82.9 Å². The van der Waals surface area contributed by atoms with E-state index in [0.29, 0.717) is 28.4 Å². The van der Waals surface area contributed by atoms with Gasteiger partial charge in [-0.05, 0) is 53.7 Å². The molecular formula is C21H20N6O4. The molecule has 4 amide bonds. The molecule has 0 aliphatic heterocycles. The van der Waals surface area contributed by atoms with Crippen molar-refractivity contribution in [1.29, 1.82) is 0 Å². The van der Waals surface area contributed by atoms with Gasteiger partial charge in [0.1, 0.15) is 11.4 Å². The maximum absolute atomic E-state index is 12.3. The average Bonchev–Trinajstić information content (AvgIpc) is 2.74. The molecule has 10 nitrogen and oxygen atoms in total. The van der Waals surface area contributed by atoms with Crippen LogP contribution in [0.3, 0.4) is 0 Å². The lowest BCUT2D eigenvalue weighted by Crippen LogP contribution is -2.98. The summed E-state index contributed by atoms with van der Waals surface area (Å²) in [6.07, 6.45) is 0. The normalized spacial score (nSPS) is 11.2. The lowest BCUT2D eigenvalue weighted by atomic mass is 10.2. The molecule has 0 saturated heterocycles. The molecule has 0 fully saturated rings. The molecule has 0 aliphatic carbocycles. The molecule has 0 aliphatic rings. The molecule has 0 saturated carbocycles. The zero-order valence-electron chi connectivity index (χ0n) is 16.5. The first-order valence-electron chi connectivity index (χ1n) is 9.23. The Balaban J connectivity index is 1.59. The Bertz CT molecular complexity index is 1100. The quantitative estimate of drug-likeness (QED) is 0.304. The first-order chi connectivity index (χ1) is 14.9. The van der Waals surface area contributed by atoms with Gasteiger partial charge < -0.3 is 31.5 Å². The summed E-state index contributed by atoms with van der Waals surface area (Å²) in [5.74, 6) is 0. The summed E-state index contributed by atoms with van der Waals surface area (Å²) in [6, 6.07) is 18.3. The number of hydroxylamine groups is 1. The van der Waals surface area contributed by atoms with Gasteiger partial charge in [0, 0.05) is 28.8 Å². The smallest absolute Gasteiger partial charge is 0.323 e. The number of anilines is 4. The average molecular weight is 420 g/mol. The Morgan fingerprint density at radius 2 is 1.19 bits per heavy atom. The second-order valence-electron chi connectivity index (χ2n) is 6.52. The van der Waals surface area contributed by atoms with E-state index in [1.807, 2.05) is 0 Å². The molecule has 0 bridgehead atoms. The Morgan fingerprint density at radius 3 is 1.71 bits per heavy atom. The zero-order chi connectivity index (χ0) is 22.2. The van der Waals surface area contributed by atoms with E-state index >= 15 is 0 Å². The zero-order valence-corrected chi connectivity index (χ0v) is 16.5. The molecule has 0 aromatic heterocycles. The van der Waals surface area contributed by atoms with Crippen molar-refractivity contribution in [2.45, 2.75) is 0 Å². The number of nitrogens with one attached hydrogen (secondary N) is 5. The van der Waals surface area contributed by atoms with Crippen LogP contribution in [0.2, 0.25) is 0 Å². The number of carbonyl (C=O) groups excluding carboxylic acids is 2. The lowest BCUT2D eigenvalue weighted by Gasteiger charge is -2.16. The van der Waals surface area contributed by atoms with Gasteiger partial charge in [-0.15, -0.1) is 4.91 Å². The van der Waals surface area contributed by atoms with Crippen molar-refractivity contribution in [1.82, 2.24) is 0 Å². The van der Waals surface area contributed by atoms with Gasteiger partial charge in [-0.25, -0.2) is 9.59 Å². The molecule has 3 rings (SSSR count). The third-order valence-corrected chi connectivity index (χ3v) is 4.11. The van der Waals surface area contributed by atoms with E-state index in [0.717, 1.165) is 0 Å². The van der Waals surface area contributed by atoms with Crippen LogP contribution in [-0.2, 0) is 0 Å². The molecular weight excluding hydrogens is 400 g/mol. The van der Waals surface area contributed by atoms with E-state index in [1.54, 1.807) is 60.7 Å². The molecule has 0 radical (unpaired) electrons. The fraction of sp³-hybridized carbons (Fsp3) is 0.0476. The van der Waals surface area contributed by atoms with E-state index in [4.69, 9.17) is 0 Å². The minimum Gasteiger partial charge on any atom is -0.629 e. The Hall–Kier alpha value is -4.28. The summed E-state index contributed by atoms with van der Waals surface area (Å²) in [6.45, 7) is 0. The van der Waals surface area contributed by atoms with E-state index < -0.39 is 12.1 Å². The maximum atomic E-state index is 12.3. The Morgan fingerprint density at radius 1 is 0.742 bits per heavy atom. The monoisotopic (exact) mass is 420 g/mol. The highest BCUT2D eigenvalue weighted by atomic mass is 16.5. The van der Waals surface area contributed by atoms with Gasteiger partial charge in [0.05, 0.1) is 7.05 Å². The van der Waals surface area contributed by atoms with Crippen LogP contribution in [0.4, 0.5) is 43.7 Å². The highest BCUT2D eigenvalue weighted by Crippen LogP contribution is 2.19. The topological polar surface area (TPSA) is 139 Å². The van der Waals surface area contributed by atoms with Gasteiger partial charge in [0.25, 0.3) is 0 Å². The van der Waals surface area contributed by atoms with Crippen LogP contribution < -0.4 is 26.3 Å². The summed E-state index contributed by atoms with van der Waals surface area (Å²) in [4.78, 5) is 35.0. The van der Waals surface area contributed by atoms with E-state index in [1.165, 1.54) is 19.2 Å². The SMILES string of the molecule is C[NH+]([O-])c1cccc(NC(=O)Nc2cccc(NC(=O)Nc3cccc(N=O)c3)c2)c1. The molecule has 1 unspecified atom stereocenters. The molecule has 10 heteroatoms. The summed E-state index contributed by atoms with van der Waals surface area (Å²) in [7, 11) is 1.45. The van der Waals surface area contributed by atoms with Crippen molar-refractivity contribution in [3.63, 3.8) is 0 Å². The predicted octanol–water partition coefficient (Wildman–Crippen LogP) is 4.02. The number of hydrogen-bond donors (Lipinski definition) is 5. The maximum Gasteiger partial charge on any atom is 0.323 e. The molecule has 5 N–H and O–H groups in total. The van der Waals surface area contributed by atoms with E-state index in [9.17, 15) is 19.7 Å². The van der Waals surface area contributed by atoms with Crippen LogP contribution in [0.25, 0.3) is 0 Å². The summed E-state index contributed by atoms with van der Waals surface area (Å²) in [5.41, 5.74) is 2.47. The van der Waals surface area contributed by atoms with Crippen molar-refractivity contribution >= 4 is 46.2 Å². The highest BCUT2D eigenvalue weighted by molar-refractivity contribution is 6.02. The van der Waals surface area contributed by atoms with Crippen molar-refractivity contribution in [2.24, 2.45) is 5.18 Å². The van der Waals surface area contributed by atoms with Gasteiger partial charge >= 0.3 is 12.1 Å². The number of urea groups is 2. The second kappa shape index (κ2) is 9.96. The fourth-order valence-electron chi connectivity index (χ4n) is 2.72. The van der Waals surface area contributed by atoms with Crippen LogP contribution in [0.15, 0.2) is 78.0 Å². The fourth-order valence-corrected chi connectivity index (χ4v) is 2.72. The van der Waals surface area contributed by atoms with Crippen molar-refractivity contribution in [3.8, 4) is 0 Å². The number of amides is 4. The number of nitroso groups, excluding NO2 is 1. The van der Waals surface area contributed by atoms with Gasteiger partial charge in [0.15, 0.2) is 0 Å². The largest absolute Gasteiger partial charge is 0.629 e. The Kier molecular flexibility index (Phi) is 6.89. The molecule has 3 aromatic carbocycles. The van der Waals surface area contributed by atoms with Gasteiger partial charge in [-0.1, -0.05) is 18.2 Å². The molecule has 0 spiro atoms.